The normalized spacial score (nSPS) is 23.8. The minimum absolute atomic E-state index is 0. The van der Waals surface area contributed by atoms with Crippen LogP contribution in [0.15, 0.2) is 24.3 Å². The lowest BCUT2D eigenvalue weighted by Crippen LogP contribution is -2.23. The fourth-order valence-corrected chi connectivity index (χ4v) is 2.02. The third-order valence-electron chi connectivity index (χ3n) is 2.75. The molecule has 1 aromatic rings. The second kappa shape index (κ2) is 5.27. The molecule has 1 aromatic carbocycles. The van der Waals surface area contributed by atoms with Crippen molar-refractivity contribution in [2.75, 3.05) is 6.54 Å². The summed E-state index contributed by atoms with van der Waals surface area (Å²) < 4.78 is 13.0. The van der Waals surface area contributed by atoms with E-state index in [4.69, 9.17) is 5.11 Å². The van der Waals surface area contributed by atoms with E-state index in [0.717, 1.165) is 0 Å². The van der Waals surface area contributed by atoms with Crippen LogP contribution in [0.4, 0.5) is 4.39 Å². The highest BCUT2D eigenvalue weighted by molar-refractivity contribution is 5.85. The standard InChI is InChI=1S/C11H12FNO2.ClH/c12-8-3-1-2-7(6-8)10-9(11(14)15)4-5-13-10;/h1-3,6,9-10,13H,4-5H2,(H,14,15);1H/t9-,10?;/m0./s1. The molecule has 0 amide bonds. The predicted molar refractivity (Wildman–Crippen MR) is 60.1 cm³/mol. The van der Waals surface area contributed by atoms with Gasteiger partial charge in [0.2, 0.25) is 0 Å². The molecule has 1 aliphatic heterocycles. The van der Waals surface area contributed by atoms with Gasteiger partial charge in [-0.2, -0.15) is 0 Å². The number of carboxylic acid groups (broad SMARTS) is 1. The van der Waals surface area contributed by atoms with Gasteiger partial charge < -0.3 is 10.4 Å². The number of halogens is 2. The molecule has 1 aliphatic rings. The molecule has 2 rings (SSSR count). The molecule has 88 valence electrons. The van der Waals surface area contributed by atoms with E-state index in [1.807, 2.05) is 0 Å². The van der Waals surface area contributed by atoms with Crippen LogP contribution in [0.2, 0.25) is 0 Å². The quantitative estimate of drug-likeness (QED) is 0.838. The van der Waals surface area contributed by atoms with Gasteiger partial charge in [0.25, 0.3) is 0 Å². The van der Waals surface area contributed by atoms with Crippen molar-refractivity contribution >= 4 is 18.4 Å². The predicted octanol–water partition coefficient (Wildman–Crippen LogP) is 1.98. The molecule has 5 heteroatoms. The van der Waals surface area contributed by atoms with Crippen LogP contribution in [0.1, 0.15) is 18.0 Å². The van der Waals surface area contributed by atoms with Crippen molar-refractivity contribution in [1.29, 1.82) is 0 Å². The first-order valence-corrected chi connectivity index (χ1v) is 4.90. The lowest BCUT2D eigenvalue weighted by molar-refractivity contribution is -0.142. The van der Waals surface area contributed by atoms with Crippen molar-refractivity contribution in [3.8, 4) is 0 Å². The van der Waals surface area contributed by atoms with E-state index in [-0.39, 0.29) is 24.3 Å². The van der Waals surface area contributed by atoms with Gasteiger partial charge in [0.1, 0.15) is 5.82 Å². The maximum atomic E-state index is 13.0. The van der Waals surface area contributed by atoms with Gasteiger partial charge in [-0.1, -0.05) is 12.1 Å². The summed E-state index contributed by atoms with van der Waals surface area (Å²) in [6.07, 6.45) is 0.594. The van der Waals surface area contributed by atoms with Gasteiger partial charge in [0, 0.05) is 6.04 Å². The van der Waals surface area contributed by atoms with E-state index in [1.54, 1.807) is 12.1 Å². The zero-order valence-electron chi connectivity index (χ0n) is 8.52. The van der Waals surface area contributed by atoms with Gasteiger partial charge in [0.15, 0.2) is 0 Å². The molecule has 3 nitrogen and oxygen atoms in total. The van der Waals surface area contributed by atoms with E-state index in [0.29, 0.717) is 18.5 Å². The van der Waals surface area contributed by atoms with E-state index < -0.39 is 11.9 Å². The molecule has 1 saturated heterocycles. The first kappa shape index (κ1) is 12.9. The molecule has 1 heterocycles. The van der Waals surface area contributed by atoms with Crippen LogP contribution in [0, 0.1) is 11.7 Å². The monoisotopic (exact) mass is 245 g/mol. The van der Waals surface area contributed by atoms with Crippen LogP contribution in [0.5, 0.6) is 0 Å². The Morgan fingerprint density at radius 1 is 1.50 bits per heavy atom. The Morgan fingerprint density at radius 2 is 2.25 bits per heavy atom. The minimum atomic E-state index is -0.825. The van der Waals surface area contributed by atoms with Crippen molar-refractivity contribution in [3.05, 3.63) is 35.6 Å². The molecule has 0 saturated carbocycles. The minimum Gasteiger partial charge on any atom is -0.481 e. The van der Waals surface area contributed by atoms with Crippen LogP contribution >= 0.6 is 12.4 Å². The van der Waals surface area contributed by atoms with Crippen LogP contribution in [-0.4, -0.2) is 17.6 Å². The first-order chi connectivity index (χ1) is 7.18. The number of aliphatic carboxylic acids is 1. The average Bonchev–Trinajstić information content (AvgIpc) is 2.65. The molecule has 1 unspecified atom stereocenters. The molecule has 2 N–H and O–H groups in total. The van der Waals surface area contributed by atoms with E-state index >= 15 is 0 Å². The van der Waals surface area contributed by atoms with Crippen LogP contribution in [0.3, 0.4) is 0 Å². The second-order valence-corrected chi connectivity index (χ2v) is 3.72. The number of rotatable bonds is 2. The van der Waals surface area contributed by atoms with Crippen molar-refractivity contribution in [1.82, 2.24) is 5.32 Å². The van der Waals surface area contributed by atoms with Gasteiger partial charge in [-0.3, -0.25) is 4.79 Å². The van der Waals surface area contributed by atoms with Gasteiger partial charge in [0.05, 0.1) is 5.92 Å². The molecule has 2 atom stereocenters. The molecular formula is C11H13ClFNO2. The lowest BCUT2D eigenvalue weighted by Gasteiger charge is -2.16. The molecule has 0 spiro atoms. The summed E-state index contributed by atoms with van der Waals surface area (Å²) >= 11 is 0. The lowest BCUT2D eigenvalue weighted by atomic mass is 9.94. The molecule has 0 aromatic heterocycles. The number of benzene rings is 1. The van der Waals surface area contributed by atoms with Crippen molar-refractivity contribution in [2.45, 2.75) is 12.5 Å². The summed E-state index contributed by atoms with van der Waals surface area (Å²) in [5.74, 6) is -1.61. The van der Waals surface area contributed by atoms with E-state index in [1.165, 1.54) is 12.1 Å². The summed E-state index contributed by atoms with van der Waals surface area (Å²) in [5.41, 5.74) is 0.708. The van der Waals surface area contributed by atoms with E-state index in [9.17, 15) is 9.18 Å². The van der Waals surface area contributed by atoms with Crippen LogP contribution in [-0.2, 0) is 4.79 Å². The fraction of sp³-hybridized carbons (Fsp3) is 0.364. The fourth-order valence-electron chi connectivity index (χ4n) is 2.02. The smallest absolute Gasteiger partial charge is 0.308 e. The summed E-state index contributed by atoms with van der Waals surface area (Å²) in [4.78, 5) is 10.9. The zero-order valence-corrected chi connectivity index (χ0v) is 9.34. The Balaban J connectivity index is 0.00000128. The largest absolute Gasteiger partial charge is 0.481 e. The molecule has 0 bridgehead atoms. The maximum absolute atomic E-state index is 13.0. The third kappa shape index (κ3) is 2.51. The molecule has 0 radical (unpaired) electrons. The first-order valence-electron chi connectivity index (χ1n) is 4.90. The summed E-state index contributed by atoms with van der Waals surface area (Å²) in [6.45, 7) is 0.665. The SMILES string of the molecule is Cl.O=C(O)[C@H]1CCNC1c1cccc(F)c1. The second-order valence-electron chi connectivity index (χ2n) is 3.72. The summed E-state index contributed by atoms with van der Waals surface area (Å²) in [6, 6.07) is 5.83. The van der Waals surface area contributed by atoms with Crippen LogP contribution in [0.25, 0.3) is 0 Å². The molecule has 0 aliphatic carbocycles. The Hall–Kier alpha value is -1.13. The van der Waals surface area contributed by atoms with Gasteiger partial charge in [-0.15, -0.1) is 12.4 Å². The van der Waals surface area contributed by atoms with Crippen LogP contribution < -0.4 is 5.32 Å². The van der Waals surface area contributed by atoms with Crippen molar-refractivity contribution in [3.63, 3.8) is 0 Å². The van der Waals surface area contributed by atoms with Gasteiger partial charge in [-0.25, -0.2) is 4.39 Å². The Kier molecular flexibility index (Phi) is 4.26. The zero-order chi connectivity index (χ0) is 10.8. The highest BCUT2D eigenvalue weighted by Crippen LogP contribution is 2.29. The molecule has 1 fully saturated rings. The Bertz CT molecular complexity index is 386. The topological polar surface area (TPSA) is 49.3 Å². The summed E-state index contributed by atoms with van der Waals surface area (Å²) in [5, 5.41) is 12.1. The van der Waals surface area contributed by atoms with Crippen molar-refractivity contribution < 1.29 is 14.3 Å². The number of carbonyl (C=O) groups is 1. The van der Waals surface area contributed by atoms with Gasteiger partial charge in [-0.05, 0) is 30.7 Å². The van der Waals surface area contributed by atoms with E-state index in [2.05, 4.69) is 5.32 Å². The maximum Gasteiger partial charge on any atom is 0.308 e. The Morgan fingerprint density at radius 3 is 2.88 bits per heavy atom. The third-order valence-corrected chi connectivity index (χ3v) is 2.75. The number of hydrogen-bond acceptors (Lipinski definition) is 2. The number of carboxylic acids is 1. The van der Waals surface area contributed by atoms with Crippen molar-refractivity contribution in [2.24, 2.45) is 5.92 Å². The highest BCUT2D eigenvalue weighted by Gasteiger charge is 2.33. The number of nitrogens with one attached hydrogen (secondary N) is 1. The molecular weight excluding hydrogens is 233 g/mol. The molecule has 16 heavy (non-hydrogen) atoms. The highest BCUT2D eigenvalue weighted by atomic mass is 35.5. The Labute approximate surface area is 99.1 Å². The number of hydrogen-bond donors (Lipinski definition) is 2. The van der Waals surface area contributed by atoms with Gasteiger partial charge >= 0.3 is 5.97 Å². The summed E-state index contributed by atoms with van der Waals surface area (Å²) in [7, 11) is 0. The average molecular weight is 246 g/mol.